The van der Waals surface area contributed by atoms with Crippen molar-refractivity contribution in [3.63, 3.8) is 0 Å². The summed E-state index contributed by atoms with van der Waals surface area (Å²) in [4.78, 5) is 38.2. The molecule has 0 fully saturated rings. The average molecular weight is 482 g/mol. The number of para-hydroxylation sites is 2. The number of carbonyl (C=O) groups excluding carboxylic acids is 3. The van der Waals surface area contributed by atoms with Crippen molar-refractivity contribution in [3.05, 3.63) is 59.9 Å². The minimum atomic E-state index is -0.442. The summed E-state index contributed by atoms with van der Waals surface area (Å²) in [6.07, 6.45) is 0. The van der Waals surface area contributed by atoms with Crippen molar-refractivity contribution >= 4 is 40.9 Å². The predicted octanol–water partition coefficient (Wildman–Crippen LogP) is 2.82. The van der Waals surface area contributed by atoms with E-state index in [0.29, 0.717) is 33.7 Å². The molecule has 10 nitrogen and oxygen atoms in total. The maximum Gasteiger partial charge on any atom is 0.337 e. The van der Waals surface area contributed by atoms with Gasteiger partial charge in [0.15, 0.2) is 17.6 Å². The third-order valence-electron chi connectivity index (χ3n) is 5.30. The Hall–Kier alpha value is -3.86. The summed E-state index contributed by atoms with van der Waals surface area (Å²) in [5, 5.41) is 11.8. The van der Waals surface area contributed by atoms with Gasteiger partial charge in [0.2, 0.25) is 5.91 Å². The Labute approximate surface area is 200 Å². The third kappa shape index (κ3) is 4.74. The number of nitrogens with zero attached hydrogens (tertiary/aromatic N) is 4. The van der Waals surface area contributed by atoms with Gasteiger partial charge < -0.3 is 19.4 Å². The van der Waals surface area contributed by atoms with Crippen LogP contribution in [-0.4, -0.2) is 52.0 Å². The van der Waals surface area contributed by atoms with E-state index in [2.05, 4.69) is 20.3 Å². The molecular formula is C23H23N5O5S. The van der Waals surface area contributed by atoms with Gasteiger partial charge in [-0.3, -0.25) is 14.5 Å². The van der Waals surface area contributed by atoms with E-state index in [1.165, 1.54) is 18.9 Å². The van der Waals surface area contributed by atoms with Gasteiger partial charge in [-0.2, -0.15) is 0 Å². The van der Waals surface area contributed by atoms with E-state index >= 15 is 0 Å². The molecular weight excluding hydrogens is 458 g/mol. The number of ether oxygens (including phenoxy) is 2. The van der Waals surface area contributed by atoms with Gasteiger partial charge in [0.1, 0.15) is 5.75 Å². The first-order chi connectivity index (χ1) is 16.4. The van der Waals surface area contributed by atoms with Crippen LogP contribution in [0.1, 0.15) is 29.1 Å². The van der Waals surface area contributed by atoms with Crippen molar-refractivity contribution in [1.29, 1.82) is 0 Å². The van der Waals surface area contributed by atoms with Crippen molar-refractivity contribution in [1.82, 2.24) is 14.8 Å². The zero-order chi connectivity index (χ0) is 24.2. The molecule has 1 aliphatic rings. The molecule has 4 rings (SSSR count). The minimum absolute atomic E-state index is 0.0401. The Morgan fingerprint density at radius 3 is 2.65 bits per heavy atom. The highest BCUT2D eigenvalue weighted by Crippen LogP contribution is 2.37. The molecule has 1 unspecified atom stereocenters. The maximum atomic E-state index is 12.6. The molecule has 2 aromatic carbocycles. The van der Waals surface area contributed by atoms with Crippen LogP contribution in [-0.2, 0) is 21.4 Å². The number of thioether (sulfide) groups is 1. The summed E-state index contributed by atoms with van der Waals surface area (Å²) >= 11 is 1.23. The van der Waals surface area contributed by atoms with E-state index in [1.54, 1.807) is 40.8 Å². The monoisotopic (exact) mass is 481 g/mol. The SMILES string of the molecule is COC(=O)c1ccc(NC(=O)CSc2nnc(C(C)N3C(=O)COc4ccccc43)n2C)cc1. The number of nitrogens with one attached hydrogen (secondary N) is 1. The lowest BCUT2D eigenvalue weighted by Gasteiger charge is -2.33. The quantitative estimate of drug-likeness (QED) is 0.405. The van der Waals surface area contributed by atoms with E-state index < -0.39 is 5.97 Å². The molecule has 2 amide bonds. The lowest BCUT2D eigenvalue weighted by Crippen LogP contribution is -2.41. The third-order valence-corrected chi connectivity index (χ3v) is 6.32. The Bertz CT molecular complexity index is 1230. The molecule has 0 aliphatic carbocycles. The van der Waals surface area contributed by atoms with Crippen molar-refractivity contribution in [2.45, 2.75) is 18.1 Å². The second kappa shape index (κ2) is 9.96. The van der Waals surface area contributed by atoms with Gasteiger partial charge in [-0.25, -0.2) is 4.79 Å². The largest absolute Gasteiger partial charge is 0.482 e. The van der Waals surface area contributed by atoms with Gasteiger partial charge in [-0.05, 0) is 43.3 Å². The van der Waals surface area contributed by atoms with Crippen LogP contribution in [0.25, 0.3) is 0 Å². The number of anilines is 2. The molecule has 1 aromatic heterocycles. The van der Waals surface area contributed by atoms with E-state index in [4.69, 9.17) is 4.74 Å². The van der Waals surface area contributed by atoms with Crippen LogP contribution in [0, 0.1) is 0 Å². The number of aromatic nitrogens is 3. The first-order valence-electron chi connectivity index (χ1n) is 10.4. The molecule has 1 atom stereocenters. The highest BCUT2D eigenvalue weighted by atomic mass is 32.2. The van der Waals surface area contributed by atoms with Crippen molar-refractivity contribution in [2.75, 3.05) is 29.7 Å². The number of carbonyl (C=O) groups is 3. The standard InChI is InChI=1S/C23H23N5O5S/c1-14(28-17-6-4-5-7-18(17)33-12-20(28)30)21-25-26-23(27(21)2)34-13-19(29)24-16-10-8-15(9-11-16)22(31)32-3/h4-11,14H,12-13H2,1-3H3,(H,24,29). The molecule has 0 spiro atoms. The lowest BCUT2D eigenvalue weighted by atomic mass is 10.1. The average Bonchev–Trinajstić information content (AvgIpc) is 3.22. The van der Waals surface area contributed by atoms with E-state index in [0.717, 1.165) is 0 Å². The fourth-order valence-corrected chi connectivity index (χ4v) is 4.33. The fraction of sp³-hybridized carbons (Fsp3) is 0.261. The predicted molar refractivity (Wildman–Crippen MR) is 126 cm³/mol. The molecule has 3 aromatic rings. The number of esters is 1. The molecule has 0 bridgehead atoms. The Morgan fingerprint density at radius 1 is 1.18 bits per heavy atom. The number of benzene rings is 2. The van der Waals surface area contributed by atoms with Gasteiger partial charge in [0.25, 0.3) is 5.91 Å². The molecule has 0 radical (unpaired) electrons. The zero-order valence-corrected chi connectivity index (χ0v) is 19.7. The Balaban J connectivity index is 1.40. The fourth-order valence-electron chi connectivity index (χ4n) is 3.61. The van der Waals surface area contributed by atoms with Crippen LogP contribution in [0.5, 0.6) is 5.75 Å². The first-order valence-corrected chi connectivity index (χ1v) is 11.4. The molecule has 176 valence electrons. The van der Waals surface area contributed by atoms with E-state index in [9.17, 15) is 14.4 Å². The molecule has 34 heavy (non-hydrogen) atoms. The molecule has 2 heterocycles. The van der Waals surface area contributed by atoms with Gasteiger partial charge >= 0.3 is 5.97 Å². The topological polar surface area (TPSA) is 116 Å². The van der Waals surface area contributed by atoms with Crippen LogP contribution in [0.15, 0.2) is 53.7 Å². The molecule has 0 saturated carbocycles. The van der Waals surface area contributed by atoms with Crippen LogP contribution in [0.4, 0.5) is 11.4 Å². The van der Waals surface area contributed by atoms with Crippen molar-refractivity contribution < 1.29 is 23.9 Å². The number of rotatable bonds is 7. The van der Waals surface area contributed by atoms with Gasteiger partial charge in [-0.15, -0.1) is 10.2 Å². The summed E-state index contributed by atoms with van der Waals surface area (Å²) in [5.41, 5.74) is 1.65. The Kier molecular flexibility index (Phi) is 6.82. The maximum absolute atomic E-state index is 12.6. The van der Waals surface area contributed by atoms with Crippen LogP contribution in [0.3, 0.4) is 0 Å². The van der Waals surface area contributed by atoms with Gasteiger partial charge in [0.05, 0.1) is 30.2 Å². The van der Waals surface area contributed by atoms with Crippen LogP contribution >= 0.6 is 11.8 Å². The summed E-state index contributed by atoms with van der Waals surface area (Å²) in [5.74, 6) is 0.501. The normalized spacial score (nSPS) is 13.6. The highest BCUT2D eigenvalue weighted by Gasteiger charge is 2.32. The number of hydrogen-bond donors (Lipinski definition) is 1. The summed E-state index contributed by atoms with van der Waals surface area (Å²) in [6, 6.07) is 13.4. The number of amides is 2. The highest BCUT2D eigenvalue weighted by molar-refractivity contribution is 7.99. The molecule has 1 N–H and O–H groups in total. The van der Waals surface area contributed by atoms with Crippen molar-refractivity contribution in [2.24, 2.45) is 7.05 Å². The number of fused-ring (bicyclic) bond motifs is 1. The van der Waals surface area contributed by atoms with Crippen molar-refractivity contribution in [3.8, 4) is 5.75 Å². The smallest absolute Gasteiger partial charge is 0.337 e. The summed E-state index contributed by atoms with van der Waals surface area (Å²) < 4.78 is 12.0. The second-order valence-corrected chi connectivity index (χ2v) is 8.44. The first kappa shape index (κ1) is 23.3. The second-order valence-electron chi connectivity index (χ2n) is 7.50. The Morgan fingerprint density at radius 2 is 1.91 bits per heavy atom. The summed E-state index contributed by atoms with van der Waals surface area (Å²) in [6.45, 7) is 1.84. The lowest BCUT2D eigenvalue weighted by molar-refractivity contribution is -0.121. The number of hydrogen-bond acceptors (Lipinski definition) is 8. The number of methoxy groups -OCH3 is 1. The van der Waals surface area contributed by atoms with E-state index in [1.807, 2.05) is 31.2 Å². The van der Waals surface area contributed by atoms with Gasteiger partial charge in [0, 0.05) is 12.7 Å². The van der Waals surface area contributed by atoms with Crippen LogP contribution in [0.2, 0.25) is 0 Å². The van der Waals surface area contributed by atoms with Crippen LogP contribution < -0.4 is 15.0 Å². The van der Waals surface area contributed by atoms with E-state index in [-0.39, 0.29) is 30.2 Å². The minimum Gasteiger partial charge on any atom is -0.482 e. The summed E-state index contributed by atoms with van der Waals surface area (Å²) in [7, 11) is 3.11. The zero-order valence-electron chi connectivity index (χ0n) is 18.8. The molecule has 0 saturated heterocycles. The van der Waals surface area contributed by atoms with Gasteiger partial charge in [-0.1, -0.05) is 23.9 Å². The molecule has 11 heteroatoms. The molecule has 1 aliphatic heterocycles.